The molecular formula is C10H17MgN3O6S. The van der Waals surface area contributed by atoms with Crippen molar-refractivity contribution < 1.29 is 29.4 Å². The number of thiol groups is 1. The van der Waals surface area contributed by atoms with Crippen LogP contribution < -0.4 is 16.4 Å². The van der Waals surface area contributed by atoms with Crippen molar-refractivity contribution in [3.63, 3.8) is 0 Å². The molecule has 116 valence electrons. The molecule has 0 bridgehead atoms. The van der Waals surface area contributed by atoms with Crippen LogP contribution in [0.3, 0.4) is 0 Å². The van der Waals surface area contributed by atoms with Crippen LogP contribution in [0.1, 0.15) is 12.8 Å². The molecule has 2 atom stereocenters. The van der Waals surface area contributed by atoms with Gasteiger partial charge >= 0.3 is 11.9 Å². The lowest BCUT2D eigenvalue weighted by Crippen LogP contribution is -2.49. The van der Waals surface area contributed by atoms with Crippen molar-refractivity contribution in [2.45, 2.75) is 24.9 Å². The van der Waals surface area contributed by atoms with Crippen molar-refractivity contribution in [2.75, 3.05) is 12.3 Å². The van der Waals surface area contributed by atoms with E-state index in [9.17, 15) is 19.2 Å². The summed E-state index contributed by atoms with van der Waals surface area (Å²) in [6, 6.07) is -2.15. The lowest BCUT2D eigenvalue weighted by molar-refractivity contribution is -0.139. The molecule has 2 amide bonds. The summed E-state index contributed by atoms with van der Waals surface area (Å²) in [6.45, 7) is -0.567. The summed E-state index contributed by atoms with van der Waals surface area (Å²) in [5.41, 5.74) is 5.23. The highest BCUT2D eigenvalue weighted by atomic mass is 32.1. The summed E-state index contributed by atoms with van der Waals surface area (Å²) < 4.78 is 0. The summed E-state index contributed by atoms with van der Waals surface area (Å²) in [6.07, 6.45) is -0.235. The van der Waals surface area contributed by atoms with Gasteiger partial charge in [-0.25, -0.2) is 0 Å². The van der Waals surface area contributed by atoms with Crippen molar-refractivity contribution in [2.24, 2.45) is 5.73 Å². The fourth-order valence-corrected chi connectivity index (χ4v) is 1.41. The van der Waals surface area contributed by atoms with Crippen molar-refractivity contribution in [1.82, 2.24) is 10.6 Å². The maximum absolute atomic E-state index is 11.5. The SMILES string of the molecule is N[C@@H](CCC(=O)N[C@@H](CS)C(=O)NCC(=O)O)C(=O)O.[Mg]. The van der Waals surface area contributed by atoms with Crippen molar-refractivity contribution in [3.05, 3.63) is 0 Å². The number of hydrogen-bond donors (Lipinski definition) is 6. The average Bonchev–Trinajstić information content (AvgIpc) is 2.38. The summed E-state index contributed by atoms with van der Waals surface area (Å²) in [4.78, 5) is 43.7. The maximum atomic E-state index is 11.5. The molecule has 0 rings (SSSR count). The molecule has 0 aromatic rings. The lowest BCUT2D eigenvalue weighted by atomic mass is 10.1. The molecule has 6 N–H and O–H groups in total. The molecule has 0 aromatic heterocycles. The van der Waals surface area contributed by atoms with Gasteiger partial charge in [0.15, 0.2) is 0 Å². The van der Waals surface area contributed by atoms with Gasteiger partial charge in [-0.3, -0.25) is 19.2 Å². The van der Waals surface area contributed by atoms with Crippen molar-refractivity contribution >= 4 is 59.4 Å². The molecule has 11 heteroatoms. The molecular weight excluding hydrogens is 314 g/mol. The van der Waals surface area contributed by atoms with Gasteiger partial charge in [-0.15, -0.1) is 0 Å². The first-order chi connectivity index (χ1) is 9.27. The van der Waals surface area contributed by atoms with E-state index in [0.717, 1.165) is 0 Å². The van der Waals surface area contributed by atoms with Crippen LogP contribution in [-0.4, -0.2) is 81.4 Å². The topological polar surface area (TPSA) is 159 Å². The second-order valence-electron chi connectivity index (χ2n) is 3.90. The monoisotopic (exact) mass is 331 g/mol. The van der Waals surface area contributed by atoms with Gasteiger partial charge in [0, 0.05) is 35.2 Å². The number of hydrogen-bond acceptors (Lipinski definition) is 6. The van der Waals surface area contributed by atoms with Gasteiger partial charge in [-0.2, -0.15) is 12.6 Å². The first kappa shape index (κ1) is 22.2. The minimum absolute atomic E-state index is 0. The number of carboxylic acid groups (broad SMARTS) is 2. The van der Waals surface area contributed by atoms with Crippen LogP contribution in [0.4, 0.5) is 0 Å². The molecule has 21 heavy (non-hydrogen) atoms. The van der Waals surface area contributed by atoms with E-state index >= 15 is 0 Å². The van der Waals surface area contributed by atoms with E-state index in [-0.39, 0.29) is 41.6 Å². The van der Waals surface area contributed by atoms with E-state index in [4.69, 9.17) is 15.9 Å². The van der Waals surface area contributed by atoms with Crippen LogP contribution >= 0.6 is 12.6 Å². The number of carboxylic acids is 2. The number of amides is 2. The van der Waals surface area contributed by atoms with Gasteiger partial charge in [0.1, 0.15) is 18.6 Å². The van der Waals surface area contributed by atoms with Crippen LogP contribution in [0, 0.1) is 0 Å². The molecule has 0 aliphatic rings. The van der Waals surface area contributed by atoms with Crippen LogP contribution in [0.2, 0.25) is 0 Å². The number of rotatable bonds is 9. The molecule has 0 fully saturated rings. The third-order valence-corrected chi connectivity index (χ3v) is 2.61. The van der Waals surface area contributed by atoms with Crippen molar-refractivity contribution in [3.8, 4) is 0 Å². The Hall–Kier alpha value is -1.04. The second-order valence-corrected chi connectivity index (χ2v) is 4.26. The molecule has 9 nitrogen and oxygen atoms in total. The molecule has 0 unspecified atom stereocenters. The highest BCUT2D eigenvalue weighted by molar-refractivity contribution is 7.80. The van der Waals surface area contributed by atoms with Crippen LogP contribution in [0.15, 0.2) is 0 Å². The summed E-state index contributed by atoms with van der Waals surface area (Å²) in [5.74, 6) is -3.70. The number of aliphatic carboxylic acids is 2. The van der Waals surface area contributed by atoms with Gasteiger partial charge in [0.25, 0.3) is 0 Å². The molecule has 0 spiro atoms. The van der Waals surface area contributed by atoms with Gasteiger partial charge in [0.05, 0.1) is 0 Å². The molecule has 0 aliphatic heterocycles. The Balaban J connectivity index is 0. The standard InChI is InChI=1S/C10H17N3O6S.Mg/c11-5(10(18)19)1-2-7(14)13-6(4-20)9(17)12-3-8(15)16;/h5-6,20H,1-4,11H2,(H,12,17)(H,13,14)(H,15,16)(H,18,19);/t5-,6-;/m0./s1. The summed E-state index contributed by atoms with van der Waals surface area (Å²) in [7, 11) is 0. The quantitative estimate of drug-likeness (QED) is 0.200. The second kappa shape index (κ2) is 11.6. The smallest absolute Gasteiger partial charge is 0.322 e. The lowest BCUT2D eigenvalue weighted by Gasteiger charge is -2.16. The predicted octanol–water partition coefficient (Wildman–Crippen LogP) is -2.59. The Labute approximate surface area is 142 Å². The normalized spacial score (nSPS) is 12.5. The highest BCUT2D eigenvalue weighted by Gasteiger charge is 2.20. The number of carbonyl (C=O) groups is 4. The van der Waals surface area contributed by atoms with E-state index in [1.807, 2.05) is 0 Å². The Morgan fingerprint density at radius 1 is 1.19 bits per heavy atom. The average molecular weight is 332 g/mol. The molecule has 0 aliphatic carbocycles. The Morgan fingerprint density at radius 3 is 2.19 bits per heavy atom. The first-order valence-electron chi connectivity index (χ1n) is 5.66. The van der Waals surface area contributed by atoms with Crippen LogP contribution in [0.5, 0.6) is 0 Å². The molecule has 0 heterocycles. The van der Waals surface area contributed by atoms with Crippen LogP contribution in [-0.2, 0) is 19.2 Å². The van der Waals surface area contributed by atoms with Gasteiger partial charge in [-0.05, 0) is 6.42 Å². The van der Waals surface area contributed by atoms with Crippen molar-refractivity contribution in [1.29, 1.82) is 0 Å². The number of carbonyl (C=O) groups excluding carboxylic acids is 2. The maximum Gasteiger partial charge on any atom is 0.322 e. The molecule has 0 aromatic carbocycles. The third-order valence-electron chi connectivity index (χ3n) is 2.25. The van der Waals surface area contributed by atoms with E-state index < -0.39 is 42.4 Å². The summed E-state index contributed by atoms with van der Waals surface area (Å²) >= 11 is 3.87. The van der Waals surface area contributed by atoms with Gasteiger partial charge < -0.3 is 26.6 Å². The molecule has 0 saturated heterocycles. The zero-order valence-electron chi connectivity index (χ0n) is 11.2. The minimum Gasteiger partial charge on any atom is -0.480 e. The fourth-order valence-electron chi connectivity index (χ4n) is 1.16. The van der Waals surface area contributed by atoms with E-state index in [2.05, 4.69) is 23.3 Å². The largest absolute Gasteiger partial charge is 0.480 e. The third kappa shape index (κ3) is 10.3. The number of nitrogens with one attached hydrogen (secondary N) is 2. The Bertz CT molecular complexity index is 395. The van der Waals surface area contributed by atoms with E-state index in [0.29, 0.717) is 0 Å². The zero-order valence-corrected chi connectivity index (χ0v) is 13.6. The zero-order chi connectivity index (χ0) is 15.7. The highest BCUT2D eigenvalue weighted by Crippen LogP contribution is 1.97. The fraction of sp³-hybridized carbons (Fsp3) is 0.600. The van der Waals surface area contributed by atoms with E-state index in [1.165, 1.54) is 0 Å². The van der Waals surface area contributed by atoms with Gasteiger partial charge in [-0.1, -0.05) is 0 Å². The number of nitrogens with two attached hydrogens (primary N) is 1. The Kier molecular flexibility index (Phi) is 12.3. The van der Waals surface area contributed by atoms with Gasteiger partial charge in [0.2, 0.25) is 11.8 Å². The Morgan fingerprint density at radius 2 is 1.76 bits per heavy atom. The molecule has 2 radical (unpaired) electrons. The first-order valence-corrected chi connectivity index (χ1v) is 6.29. The summed E-state index contributed by atoms with van der Waals surface area (Å²) in [5, 5.41) is 21.4. The molecule has 0 saturated carbocycles. The minimum atomic E-state index is -1.22. The van der Waals surface area contributed by atoms with E-state index in [1.54, 1.807) is 0 Å². The van der Waals surface area contributed by atoms with Crippen LogP contribution in [0.25, 0.3) is 0 Å². The predicted molar refractivity (Wildman–Crippen MR) is 77.0 cm³/mol.